The van der Waals surface area contributed by atoms with Crippen molar-refractivity contribution in [1.82, 2.24) is 9.78 Å². The maximum absolute atomic E-state index is 11.7. The van der Waals surface area contributed by atoms with Crippen LogP contribution in [0, 0.1) is 25.2 Å². The Kier molecular flexibility index (Phi) is 5.90. The van der Waals surface area contributed by atoms with Crippen LogP contribution in [0.5, 0.6) is 0 Å². The van der Waals surface area contributed by atoms with E-state index in [1.807, 2.05) is 13.8 Å². The molecule has 0 saturated carbocycles. The Balaban J connectivity index is 2.20. The van der Waals surface area contributed by atoms with Gasteiger partial charge in [0.25, 0.3) is 0 Å². The number of carbonyl (C=O) groups excluding carboxylic acids is 2. The molecular formula is C18H19N3O4. The Bertz CT molecular complexity index is 816. The maximum Gasteiger partial charge on any atom is 0.339 e. The molecule has 7 heteroatoms. The largest absolute Gasteiger partial charge is 0.469 e. The first-order valence-corrected chi connectivity index (χ1v) is 7.74. The van der Waals surface area contributed by atoms with Crippen molar-refractivity contribution in [2.75, 3.05) is 13.7 Å². The molecule has 1 aromatic heterocycles. The molecule has 0 aliphatic carbocycles. The molecule has 0 aliphatic heterocycles. The van der Waals surface area contributed by atoms with Gasteiger partial charge in [-0.3, -0.25) is 4.79 Å². The minimum Gasteiger partial charge on any atom is -0.469 e. The first kappa shape index (κ1) is 18.2. The fraction of sp³-hybridized carbons (Fsp3) is 0.333. The van der Waals surface area contributed by atoms with Crippen molar-refractivity contribution in [2.24, 2.45) is 0 Å². The molecule has 0 spiro atoms. The maximum atomic E-state index is 11.7. The topological polar surface area (TPSA) is 94.2 Å². The Morgan fingerprint density at radius 1 is 1.24 bits per heavy atom. The van der Waals surface area contributed by atoms with Gasteiger partial charge in [0, 0.05) is 12.1 Å². The Morgan fingerprint density at radius 3 is 2.52 bits per heavy atom. The van der Waals surface area contributed by atoms with Gasteiger partial charge in [0.15, 0.2) is 6.61 Å². The normalized spacial score (nSPS) is 10.2. The number of aryl methyl sites for hydroxylation is 1. The van der Waals surface area contributed by atoms with Gasteiger partial charge in [0.2, 0.25) is 0 Å². The van der Waals surface area contributed by atoms with Crippen molar-refractivity contribution in [3.8, 4) is 11.8 Å². The highest BCUT2D eigenvalue weighted by atomic mass is 16.5. The van der Waals surface area contributed by atoms with Crippen LogP contribution in [-0.4, -0.2) is 35.4 Å². The average Bonchev–Trinajstić information content (AvgIpc) is 2.91. The number of carbonyl (C=O) groups is 2. The van der Waals surface area contributed by atoms with E-state index in [9.17, 15) is 9.59 Å². The van der Waals surface area contributed by atoms with E-state index in [2.05, 4.69) is 9.84 Å². The first-order chi connectivity index (χ1) is 12.0. The van der Waals surface area contributed by atoms with Crippen LogP contribution < -0.4 is 0 Å². The fourth-order valence-electron chi connectivity index (χ4n) is 2.54. The summed E-state index contributed by atoms with van der Waals surface area (Å²) < 4.78 is 11.2. The summed E-state index contributed by atoms with van der Waals surface area (Å²) in [5.74, 6) is -0.799. The number of ether oxygens (including phenoxy) is 2. The van der Waals surface area contributed by atoms with Gasteiger partial charge in [0.1, 0.15) is 6.07 Å². The van der Waals surface area contributed by atoms with Crippen molar-refractivity contribution < 1.29 is 19.1 Å². The van der Waals surface area contributed by atoms with Crippen molar-refractivity contribution >= 4 is 11.9 Å². The number of nitrogens with zero attached hydrogens (tertiary/aromatic N) is 3. The lowest BCUT2D eigenvalue weighted by molar-refractivity contribution is -0.140. The lowest BCUT2D eigenvalue weighted by Crippen LogP contribution is -2.06. The Morgan fingerprint density at radius 2 is 1.92 bits per heavy atom. The van der Waals surface area contributed by atoms with Gasteiger partial charge in [-0.1, -0.05) is 0 Å². The number of hydrogen-bond donors (Lipinski definition) is 0. The monoisotopic (exact) mass is 341 g/mol. The summed E-state index contributed by atoms with van der Waals surface area (Å²) in [5.41, 5.74) is 3.94. The van der Waals surface area contributed by atoms with Gasteiger partial charge >= 0.3 is 11.9 Å². The zero-order valence-corrected chi connectivity index (χ0v) is 14.4. The summed E-state index contributed by atoms with van der Waals surface area (Å²) in [5, 5.41) is 13.0. The second-order valence-corrected chi connectivity index (χ2v) is 5.42. The summed E-state index contributed by atoms with van der Waals surface area (Å²) in [6.45, 7) is 3.55. The van der Waals surface area contributed by atoms with E-state index in [-0.39, 0.29) is 12.6 Å². The summed E-state index contributed by atoms with van der Waals surface area (Å²) in [6.07, 6.45) is 0.858. The van der Waals surface area contributed by atoms with Crippen molar-refractivity contribution in [1.29, 1.82) is 5.26 Å². The molecule has 1 heterocycles. The predicted molar refractivity (Wildman–Crippen MR) is 89.3 cm³/mol. The molecule has 0 fully saturated rings. The summed E-state index contributed by atoms with van der Waals surface area (Å²) in [7, 11) is 1.37. The third-order valence-electron chi connectivity index (χ3n) is 3.86. The molecular weight excluding hydrogens is 322 g/mol. The van der Waals surface area contributed by atoms with E-state index in [4.69, 9.17) is 10.00 Å². The van der Waals surface area contributed by atoms with E-state index < -0.39 is 5.97 Å². The molecule has 0 bridgehead atoms. The minimum atomic E-state index is -0.541. The van der Waals surface area contributed by atoms with Crippen molar-refractivity contribution in [2.45, 2.75) is 26.7 Å². The molecule has 25 heavy (non-hydrogen) atoms. The third kappa shape index (κ3) is 4.23. The van der Waals surface area contributed by atoms with E-state index >= 15 is 0 Å². The highest BCUT2D eigenvalue weighted by Crippen LogP contribution is 2.20. The smallest absolute Gasteiger partial charge is 0.339 e. The van der Waals surface area contributed by atoms with Gasteiger partial charge in [-0.2, -0.15) is 10.4 Å². The van der Waals surface area contributed by atoms with Gasteiger partial charge in [0.05, 0.1) is 24.1 Å². The number of methoxy groups -OCH3 is 1. The van der Waals surface area contributed by atoms with Crippen LogP contribution in [0.2, 0.25) is 0 Å². The summed E-state index contributed by atoms with van der Waals surface area (Å²) in [4.78, 5) is 23.1. The minimum absolute atomic E-state index is 0.258. The predicted octanol–water partition coefficient (Wildman–Crippen LogP) is 2.28. The van der Waals surface area contributed by atoms with Crippen LogP contribution in [-0.2, 0) is 20.7 Å². The highest BCUT2D eigenvalue weighted by Gasteiger charge is 2.15. The van der Waals surface area contributed by atoms with E-state index in [1.165, 1.54) is 7.11 Å². The lowest BCUT2D eigenvalue weighted by atomic mass is 10.1. The number of esters is 2. The molecule has 7 nitrogen and oxygen atoms in total. The van der Waals surface area contributed by atoms with E-state index in [1.54, 1.807) is 35.0 Å². The van der Waals surface area contributed by atoms with E-state index in [0.29, 0.717) is 18.4 Å². The molecule has 0 aliphatic rings. The highest BCUT2D eigenvalue weighted by molar-refractivity contribution is 5.89. The number of hydrogen-bond acceptors (Lipinski definition) is 6. The van der Waals surface area contributed by atoms with Crippen LogP contribution in [0.4, 0.5) is 0 Å². The third-order valence-corrected chi connectivity index (χ3v) is 3.86. The van der Waals surface area contributed by atoms with Gasteiger partial charge in [-0.15, -0.1) is 0 Å². The summed E-state index contributed by atoms with van der Waals surface area (Å²) in [6, 6.07) is 8.52. The second-order valence-electron chi connectivity index (χ2n) is 5.42. The summed E-state index contributed by atoms with van der Waals surface area (Å²) >= 11 is 0. The Hall–Kier alpha value is -3.14. The number of aromatic nitrogens is 2. The molecule has 1 aromatic carbocycles. The van der Waals surface area contributed by atoms with E-state index in [0.717, 1.165) is 22.6 Å². The van der Waals surface area contributed by atoms with Crippen LogP contribution in [0.15, 0.2) is 24.3 Å². The van der Waals surface area contributed by atoms with Crippen molar-refractivity contribution in [3.05, 3.63) is 46.8 Å². The van der Waals surface area contributed by atoms with Gasteiger partial charge < -0.3 is 9.47 Å². The molecule has 2 aromatic rings. The fourth-order valence-corrected chi connectivity index (χ4v) is 2.54. The molecule has 0 N–H and O–H groups in total. The molecule has 0 unspecified atom stereocenters. The number of rotatable bonds is 6. The molecule has 0 amide bonds. The molecule has 0 saturated heterocycles. The zero-order chi connectivity index (χ0) is 18.4. The SMILES string of the molecule is COC(=O)CCc1c(C)nn(-c2ccc(C(=O)OCC#N)cc2)c1C. The number of benzene rings is 1. The van der Waals surface area contributed by atoms with Crippen LogP contribution in [0.25, 0.3) is 5.69 Å². The van der Waals surface area contributed by atoms with Crippen LogP contribution in [0.1, 0.15) is 33.7 Å². The quantitative estimate of drug-likeness (QED) is 0.748. The average molecular weight is 341 g/mol. The second kappa shape index (κ2) is 8.11. The zero-order valence-electron chi connectivity index (χ0n) is 14.4. The van der Waals surface area contributed by atoms with Gasteiger partial charge in [-0.25, -0.2) is 9.48 Å². The number of nitriles is 1. The lowest BCUT2D eigenvalue weighted by Gasteiger charge is -2.07. The molecule has 0 atom stereocenters. The standard InChI is InChI=1S/C18H19N3O4/c1-12-16(8-9-17(22)24-3)13(2)21(20-12)15-6-4-14(5-7-15)18(23)25-11-10-19/h4-7H,8-9,11H2,1-3H3. The Labute approximate surface area is 145 Å². The van der Waals surface area contributed by atoms with Crippen LogP contribution in [0.3, 0.4) is 0 Å². The van der Waals surface area contributed by atoms with Gasteiger partial charge in [-0.05, 0) is 50.1 Å². The molecule has 2 rings (SSSR count). The molecule has 130 valence electrons. The first-order valence-electron chi connectivity index (χ1n) is 7.74. The molecule has 0 radical (unpaired) electrons. The van der Waals surface area contributed by atoms with Crippen molar-refractivity contribution in [3.63, 3.8) is 0 Å². The van der Waals surface area contributed by atoms with Crippen LogP contribution >= 0.6 is 0 Å².